The molecule has 1 fully saturated rings. The van der Waals surface area contributed by atoms with Crippen molar-refractivity contribution in [3.05, 3.63) is 30.3 Å². The molecule has 0 amide bonds. The number of nitrogens with zero attached hydrogens (tertiary/aromatic N) is 1. The van der Waals surface area contributed by atoms with Crippen molar-refractivity contribution >= 4 is 9.73 Å². The summed E-state index contributed by atoms with van der Waals surface area (Å²) < 4.78 is 17.6. The maximum absolute atomic E-state index is 13.2. The number of rotatable bonds is 5. The summed E-state index contributed by atoms with van der Waals surface area (Å²) in [5, 5.41) is 10.5. The minimum atomic E-state index is -2.50. The first-order valence-electron chi connectivity index (χ1n) is 7.06. The summed E-state index contributed by atoms with van der Waals surface area (Å²) in [4.78, 5) is 0.753. The van der Waals surface area contributed by atoms with Crippen LogP contribution in [0.5, 0.6) is 0 Å². The van der Waals surface area contributed by atoms with Gasteiger partial charge >= 0.3 is 0 Å². The van der Waals surface area contributed by atoms with Gasteiger partial charge in [0, 0.05) is 11.4 Å². The summed E-state index contributed by atoms with van der Waals surface area (Å²) >= 11 is 0. The first-order chi connectivity index (χ1) is 9.08. The summed E-state index contributed by atoms with van der Waals surface area (Å²) in [5.41, 5.74) is -0.788. The van der Waals surface area contributed by atoms with Gasteiger partial charge in [0.2, 0.25) is 0 Å². The van der Waals surface area contributed by atoms with Crippen LogP contribution in [0, 0.1) is 0 Å². The second-order valence-electron chi connectivity index (χ2n) is 5.38. The van der Waals surface area contributed by atoms with Crippen molar-refractivity contribution in [3.8, 4) is 0 Å². The van der Waals surface area contributed by atoms with E-state index in [9.17, 15) is 9.32 Å². The van der Waals surface area contributed by atoms with E-state index in [4.69, 9.17) is 0 Å². The lowest BCUT2D eigenvalue weighted by Crippen LogP contribution is -2.34. The van der Waals surface area contributed by atoms with Crippen LogP contribution in [0.4, 0.5) is 0 Å². The fourth-order valence-corrected chi connectivity index (χ4v) is 5.10. The normalized spacial score (nSPS) is 20.9. The molecule has 0 aromatic heterocycles. The van der Waals surface area contributed by atoms with E-state index in [2.05, 4.69) is 4.36 Å². The Bertz CT molecular complexity index is 512. The van der Waals surface area contributed by atoms with Crippen molar-refractivity contribution in [3.63, 3.8) is 0 Å². The summed E-state index contributed by atoms with van der Waals surface area (Å²) in [6, 6.07) is 9.40. The minimum absolute atomic E-state index is 0.282. The Morgan fingerprint density at radius 1 is 1.26 bits per heavy atom. The van der Waals surface area contributed by atoms with E-state index in [1.165, 1.54) is 0 Å². The highest BCUT2D eigenvalue weighted by Crippen LogP contribution is 2.33. The summed E-state index contributed by atoms with van der Waals surface area (Å²) in [5.74, 6) is 0.282. The van der Waals surface area contributed by atoms with Gasteiger partial charge in [0.1, 0.15) is 0 Å². The highest BCUT2D eigenvalue weighted by Gasteiger charge is 2.35. The Morgan fingerprint density at radius 3 is 2.47 bits per heavy atom. The maximum Gasteiger partial charge on any atom is 0.0780 e. The average Bonchev–Trinajstić information content (AvgIpc) is 2.84. The molecule has 1 aliphatic carbocycles. The molecule has 1 N–H and O–H groups in total. The molecule has 0 unspecified atom stereocenters. The molecular weight excluding hydrogens is 258 g/mol. The van der Waals surface area contributed by atoms with Gasteiger partial charge in [-0.2, -0.15) is 0 Å². The fraction of sp³-hybridized carbons (Fsp3) is 0.600. The molecule has 1 aliphatic rings. The van der Waals surface area contributed by atoms with Crippen LogP contribution >= 0.6 is 0 Å². The van der Waals surface area contributed by atoms with Crippen LogP contribution in [0.25, 0.3) is 0 Å². The molecule has 1 atom stereocenters. The Morgan fingerprint density at radius 2 is 1.89 bits per heavy atom. The zero-order valence-electron chi connectivity index (χ0n) is 11.5. The van der Waals surface area contributed by atoms with Crippen molar-refractivity contribution in [1.29, 1.82) is 0 Å². The molecule has 3 nitrogen and oxygen atoms in total. The molecule has 0 bridgehead atoms. The second kappa shape index (κ2) is 6.06. The van der Waals surface area contributed by atoms with Crippen molar-refractivity contribution in [2.45, 2.75) is 49.5 Å². The van der Waals surface area contributed by atoms with Crippen LogP contribution in [0.1, 0.15) is 39.0 Å². The van der Waals surface area contributed by atoms with Crippen molar-refractivity contribution < 1.29 is 9.32 Å². The maximum atomic E-state index is 13.2. The first-order valence-corrected chi connectivity index (χ1v) is 8.74. The van der Waals surface area contributed by atoms with Crippen LogP contribution < -0.4 is 0 Å². The van der Waals surface area contributed by atoms with Crippen LogP contribution in [-0.4, -0.2) is 27.2 Å². The van der Waals surface area contributed by atoms with E-state index in [1.807, 2.05) is 37.3 Å². The Hall–Kier alpha value is -0.870. The van der Waals surface area contributed by atoms with Gasteiger partial charge in [-0.25, -0.2) is 8.57 Å². The van der Waals surface area contributed by atoms with Gasteiger partial charge in [-0.05, 0) is 31.4 Å². The van der Waals surface area contributed by atoms with Gasteiger partial charge in [0.15, 0.2) is 0 Å². The lowest BCUT2D eigenvalue weighted by Gasteiger charge is -2.24. The molecule has 0 aliphatic heterocycles. The monoisotopic (exact) mass is 281 g/mol. The molecular formula is C15H23NO2S. The Balaban J connectivity index is 2.33. The molecule has 0 saturated heterocycles. The predicted octanol–water partition coefficient (Wildman–Crippen LogP) is 3.23. The summed E-state index contributed by atoms with van der Waals surface area (Å²) in [7, 11) is -2.50. The van der Waals surface area contributed by atoms with Crippen molar-refractivity contribution in [2.24, 2.45) is 4.36 Å². The molecule has 0 heterocycles. The highest BCUT2D eigenvalue weighted by atomic mass is 32.2. The van der Waals surface area contributed by atoms with Crippen molar-refractivity contribution in [2.75, 3.05) is 12.3 Å². The van der Waals surface area contributed by atoms with Gasteiger partial charge < -0.3 is 5.11 Å². The van der Waals surface area contributed by atoms with Crippen LogP contribution in [0.2, 0.25) is 0 Å². The zero-order chi connectivity index (χ0) is 13.8. The molecule has 106 valence electrons. The van der Waals surface area contributed by atoms with Gasteiger partial charge in [-0.1, -0.05) is 38.0 Å². The van der Waals surface area contributed by atoms with Gasteiger partial charge in [0.05, 0.1) is 21.1 Å². The lowest BCUT2D eigenvalue weighted by atomic mass is 10.1. The van der Waals surface area contributed by atoms with E-state index in [1.54, 1.807) is 0 Å². The van der Waals surface area contributed by atoms with E-state index >= 15 is 0 Å². The third-order valence-corrected chi connectivity index (χ3v) is 6.17. The molecule has 0 radical (unpaired) electrons. The number of aliphatic hydroxyl groups is 1. The van der Waals surface area contributed by atoms with Crippen LogP contribution in [0.15, 0.2) is 39.6 Å². The smallest absolute Gasteiger partial charge is 0.0780 e. The molecule has 4 heteroatoms. The SMILES string of the molecule is CCCN=[S@](=O)(CC1(O)CCCC1)c1ccccc1. The van der Waals surface area contributed by atoms with E-state index in [-0.39, 0.29) is 5.75 Å². The van der Waals surface area contributed by atoms with Crippen LogP contribution in [-0.2, 0) is 9.73 Å². The molecule has 1 saturated carbocycles. The predicted molar refractivity (Wildman–Crippen MR) is 78.7 cm³/mol. The molecule has 19 heavy (non-hydrogen) atoms. The minimum Gasteiger partial charge on any atom is -0.389 e. The first kappa shape index (κ1) is 14.5. The van der Waals surface area contributed by atoms with E-state index in [0.29, 0.717) is 6.54 Å². The zero-order valence-corrected chi connectivity index (χ0v) is 12.4. The van der Waals surface area contributed by atoms with Crippen LogP contribution in [0.3, 0.4) is 0 Å². The van der Waals surface area contributed by atoms with Gasteiger partial charge in [-0.3, -0.25) is 0 Å². The number of benzene rings is 1. The van der Waals surface area contributed by atoms with Crippen molar-refractivity contribution in [1.82, 2.24) is 0 Å². The Kier molecular flexibility index (Phi) is 4.63. The Labute approximate surface area is 116 Å². The molecule has 1 aromatic carbocycles. The quantitative estimate of drug-likeness (QED) is 0.901. The summed E-state index contributed by atoms with van der Waals surface area (Å²) in [6.45, 7) is 2.61. The largest absolute Gasteiger partial charge is 0.389 e. The molecule has 0 spiro atoms. The number of hydrogen-bond donors (Lipinski definition) is 1. The third-order valence-electron chi connectivity index (χ3n) is 3.63. The summed E-state index contributed by atoms with van der Waals surface area (Å²) in [6.07, 6.45) is 4.42. The lowest BCUT2D eigenvalue weighted by molar-refractivity contribution is 0.0720. The van der Waals surface area contributed by atoms with E-state index < -0.39 is 15.3 Å². The third kappa shape index (κ3) is 3.57. The highest BCUT2D eigenvalue weighted by molar-refractivity contribution is 7.93. The van der Waals surface area contributed by atoms with Gasteiger partial charge in [-0.15, -0.1) is 0 Å². The van der Waals surface area contributed by atoms with Gasteiger partial charge in [0.25, 0.3) is 0 Å². The molecule has 2 rings (SSSR count). The molecule has 1 aromatic rings. The average molecular weight is 281 g/mol. The van der Waals surface area contributed by atoms with E-state index in [0.717, 1.165) is 37.0 Å². The second-order valence-corrected chi connectivity index (χ2v) is 7.68. The standard InChI is InChI=1S/C15H23NO2S/c1-2-12-16-19(18,14-8-4-3-5-9-14)13-15(17)10-6-7-11-15/h3-5,8-9,17H,2,6-7,10-13H2,1H3/t19-/m0/s1. The fourth-order valence-electron chi connectivity index (χ4n) is 2.62. The number of hydrogen-bond acceptors (Lipinski definition) is 3. The topological polar surface area (TPSA) is 49.7 Å².